The summed E-state index contributed by atoms with van der Waals surface area (Å²) in [6.45, 7) is 18.5. The van der Waals surface area contributed by atoms with E-state index in [0.29, 0.717) is 30.9 Å². The van der Waals surface area contributed by atoms with E-state index >= 15 is 0 Å². The van der Waals surface area contributed by atoms with Crippen LogP contribution in [0.5, 0.6) is 5.75 Å². The highest BCUT2D eigenvalue weighted by Crippen LogP contribution is 2.67. The molecule has 9 nitrogen and oxygen atoms in total. The van der Waals surface area contributed by atoms with Crippen LogP contribution in [-0.2, 0) is 14.4 Å². The van der Waals surface area contributed by atoms with Gasteiger partial charge in [-0.15, -0.1) is 24.9 Å². The van der Waals surface area contributed by atoms with Gasteiger partial charge in [-0.05, 0) is 88.6 Å². The third kappa shape index (κ3) is 6.13. The zero-order valence-corrected chi connectivity index (χ0v) is 29.5. The molecule has 3 heterocycles. The van der Waals surface area contributed by atoms with Crippen molar-refractivity contribution in [1.82, 2.24) is 4.90 Å². The number of amides is 3. The van der Waals surface area contributed by atoms with Crippen molar-refractivity contribution < 1.29 is 24.2 Å². The highest BCUT2D eigenvalue weighted by atomic mass is 32.2. The van der Waals surface area contributed by atoms with Crippen molar-refractivity contribution in [3.63, 3.8) is 0 Å². The number of hydrogen-bond donors (Lipinski definition) is 1. The smallest absolute Gasteiger partial charge is 0.251 e. The van der Waals surface area contributed by atoms with Crippen molar-refractivity contribution in [1.29, 1.82) is 0 Å². The van der Waals surface area contributed by atoms with Crippen molar-refractivity contribution in [2.45, 2.75) is 69.0 Å². The Balaban J connectivity index is 1.54. The minimum absolute atomic E-state index is 0.102. The first-order valence-electron chi connectivity index (χ1n) is 17.3. The van der Waals surface area contributed by atoms with Gasteiger partial charge in [-0.3, -0.25) is 14.4 Å². The van der Waals surface area contributed by atoms with E-state index in [2.05, 4.69) is 31.9 Å². The number of anilines is 3. The Labute approximate surface area is 289 Å². The van der Waals surface area contributed by atoms with Gasteiger partial charge in [-0.1, -0.05) is 19.1 Å². The van der Waals surface area contributed by atoms with Gasteiger partial charge in [0.25, 0.3) is 5.91 Å². The normalized spacial score (nSPS) is 24.6. The fourth-order valence-corrected chi connectivity index (χ4v) is 10.2. The van der Waals surface area contributed by atoms with Gasteiger partial charge in [0.2, 0.25) is 11.8 Å². The number of aliphatic hydroxyl groups is 1. The monoisotopic (exact) mass is 674 g/mol. The Morgan fingerprint density at radius 1 is 0.958 bits per heavy atom. The van der Waals surface area contributed by atoms with Crippen molar-refractivity contribution in [2.75, 3.05) is 54.1 Å². The number of hydrogen-bond acceptors (Lipinski definition) is 7. The van der Waals surface area contributed by atoms with E-state index in [4.69, 9.17) is 4.74 Å². The molecular weight excluding hydrogens is 625 g/mol. The molecule has 2 bridgehead atoms. The second-order valence-corrected chi connectivity index (χ2v) is 14.2. The molecule has 48 heavy (non-hydrogen) atoms. The summed E-state index contributed by atoms with van der Waals surface area (Å²) in [7, 11) is 0. The molecule has 0 aromatic heterocycles. The molecule has 6 atom stereocenters. The molecule has 1 N–H and O–H groups in total. The number of nitrogens with zero attached hydrogens (tertiary/aromatic N) is 4. The number of aliphatic hydroxyl groups excluding tert-OH is 1. The topological polar surface area (TPSA) is 93.6 Å². The van der Waals surface area contributed by atoms with Crippen LogP contribution in [0.15, 0.2) is 73.8 Å². The van der Waals surface area contributed by atoms with Crippen LogP contribution >= 0.6 is 11.8 Å². The maximum absolute atomic E-state index is 15.0. The SMILES string of the molecule is C=CCN(C(=O)C1N([C@@H](CC)CO)C(=O)[C@@H]2[C@@H](C(=O)N(CC=C)c3ccc(OCC)cc3)[C@H]3CCC12S3)c1ccc(N(CC)CC)cc1. The van der Waals surface area contributed by atoms with E-state index in [1.54, 1.807) is 38.6 Å². The lowest BCUT2D eigenvalue weighted by Gasteiger charge is -2.39. The maximum Gasteiger partial charge on any atom is 0.251 e. The Morgan fingerprint density at radius 2 is 1.52 bits per heavy atom. The molecule has 3 saturated heterocycles. The number of thioether (sulfide) groups is 1. The summed E-state index contributed by atoms with van der Waals surface area (Å²) in [6.07, 6.45) is 5.24. The van der Waals surface area contributed by atoms with Crippen LogP contribution in [-0.4, -0.2) is 89.2 Å². The van der Waals surface area contributed by atoms with Crippen molar-refractivity contribution in [3.05, 3.63) is 73.8 Å². The molecule has 0 radical (unpaired) electrons. The van der Waals surface area contributed by atoms with Gasteiger partial charge in [0.1, 0.15) is 11.8 Å². The van der Waals surface area contributed by atoms with Crippen LogP contribution in [0.1, 0.15) is 47.0 Å². The van der Waals surface area contributed by atoms with Crippen molar-refractivity contribution >= 4 is 46.5 Å². The molecule has 0 saturated carbocycles. The molecule has 2 unspecified atom stereocenters. The minimum atomic E-state index is -0.833. The van der Waals surface area contributed by atoms with Crippen molar-refractivity contribution in [3.8, 4) is 5.75 Å². The lowest BCUT2D eigenvalue weighted by atomic mass is 9.70. The van der Waals surface area contributed by atoms with Crippen LogP contribution in [0.25, 0.3) is 0 Å². The van der Waals surface area contributed by atoms with Crippen LogP contribution in [0, 0.1) is 11.8 Å². The number of likely N-dealkylation sites (tertiary alicyclic amines) is 1. The summed E-state index contributed by atoms with van der Waals surface area (Å²) in [5, 5.41) is 10.4. The Morgan fingerprint density at radius 3 is 2.04 bits per heavy atom. The molecule has 2 aromatic carbocycles. The van der Waals surface area contributed by atoms with Crippen molar-refractivity contribution in [2.24, 2.45) is 11.8 Å². The van der Waals surface area contributed by atoms with E-state index in [1.807, 2.05) is 62.4 Å². The predicted octanol–water partition coefficient (Wildman–Crippen LogP) is 5.53. The molecule has 2 aromatic rings. The third-order valence-corrected chi connectivity index (χ3v) is 12.2. The second kappa shape index (κ2) is 15.2. The summed E-state index contributed by atoms with van der Waals surface area (Å²) < 4.78 is 4.82. The Kier molecular flexibility index (Phi) is 11.3. The molecule has 3 aliphatic heterocycles. The average Bonchev–Trinajstić information content (AvgIpc) is 3.75. The lowest BCUT2D eigenvalue weighted by Crippen LogP contribution is -2.57. The van der Waals surface area contributed by atoms with Gasteiger partial charge in [0.15, 0.2) is 0 Å². The van der Waals surface area contributed by atoms with E-state index in [0.717, 1.165) is 30.9 Å². The van der Waals surface area contributed by atoms with Crippen LogP contribution in [0.2, 0.25) is 0 Å². The summed E-state index contributed by atoms with van der Waals surface area (Å²) >= 11 is 1.63. The fraction of sp³-hybridized carbons (Fsp3) is 0.500. The third-order valence-electron chi connectivity index (χ3n) is 10.2. The predicted molar refractivity (Wildman–Crippen MR) is 195 cm³/mol. The number of carbonyl (C=O) groups excluding carboxylic acids is 3. The molecule has 5 rings (SSSR count). The number of ether oxygens (including phenoxy) is 1. The molecule has 3 aliphatic rings. The summed E-state index contributed by atoms with van der Waals surface area (Å²) in [4.78, 5) is 51.5. The quantitative estimate of drug-likeness (QED) is 0.234. The highest BCUT2D eigenvalue weighted by molar-refractivity contribution is 8.02. The number of rotatable bonds is 16. The molecule has 10 heteroatoms. The lowest BCUT2D eigenvalue weighted by molar-refractivity contribution is -0.141. The van der Waals surface area contributed by atoms with Gasteiger partial charge in [0, 0.05) is 48.5 Å². The van der Waals surface area contributed by atoms with E-state index < -0.39 is 28.7 Å². The highest BCUT2D eigenvalue weighted by Gasteiger charge is 2.74. The second-order valence-electron chi connectivity index (χ2n) is 12.6. The molecular formula is C38H50N4O5S. The zero-order chi connectivity index (χ0) is 34.6. The number of benzene rings is 2. The zero-order valence-electron chi connectivity index (χ0n) is 28.7. The summed E-state index contributed by atoms with van der Waals surface area (Å²) in [5.41, 5.74) is 2.49. The average molecular weight is 675 g/mol. The minimum Gasteiger partial charge on any atom is -0.494 e. The van der Waals surface area contributed by atoms with Gasteiger partial charge in [0.05, 0.1) is 35.8 Å². The van der Waals surface area contributed by atoms with Gasteiger partial charge in [-0.25, -0.2) is 0 Å². The van der Waals surface area contributed by atoms with Gasteiger partial charge in [-0.2, -0.15) is 0 Å². The summed E-state index contributed by atoms with van der Waals surface area (Å²) in [5.74, 6) is -1.15. The Hall–Kier alpha value is -3.76. The summed E-state index contributed by atoms with van der Waals surface area (Å²) in [6, 6.07) is 13.9. The number of fused-ring (bicyclic) bond motifs is 1. The fourth-order valence-electron chi connectivity index (χ4n) is 8.01. The van der Waals surface area contributed by atoms with Gasteiger partial charge >= 0.3 is 0 Å². The van der Waals surface area contributed by atoms with E-state index in [-0.39, 0.29) is 42.7 Å². The molecule has 1 spiro atoms. The number of carbonyl (C=O) groups is 3. The molecule has 0 aliphatic carbocycles. The molecule has 3 fully saturated rings. The van der Waals surface area contributed by atoms with E-state index in [1.165, 1.54) is 0 Å². The first kappa shape index (κ1) is 35.5. The first-order valence-corrected chi connectivity index (χ1v) is 18.2. The van der Waals surface area contributed by atoms with E-state index in [9.17, 15) is 19.5 Å². The van der Waals surface area contributed by atoms with Crippen LogP contribution in [0.4, 0.5) is 17.1 Å². The first-order chi connectivity index (χ1) is 23.2. The van der Waals surface area contributed by atoms with Crippen LogP contribution < -0.4 is 19.4 Å². The largest absolute Gasteiger partial charge is 0.494 e. The standard InChI is InChI=1S/C38H50N4O5S/c1-7-23-40(29-17-19-30(20-18-29)47-12-6)35(44)32-31-21-22-38(48-31)33(32)36(45)42(26(9-3)25-43)34(38)37(46)41(24-8-2)28-15-13-27(14-16-28)39(10-4)11-5/h7-8,13-20,26,31-34,43H,1-2,9-12,21-25H2,3-6H3/t26-,31+,32-,33-,34?,38?/m0/s1. The van der Waals surface area contributed by atoms with Gasteiger partial charge < -0.3 is 29.4 Å². The molecule has 258 valence electrons. The Bertz CT molecular complexity index is 1470. The maximum atomic E-state index is 15.0. The molecule has 3 amide bonds. The van der Waals surface area contributed by atoms with Crippen LogP contribution in [0.3, 0.4) is 0 Å².